The summed E-state index contributed by atoms with van der Waals surface area (Å²) in [6.07, 6.45) is 0. The van der Waals surface area contributed by atoms with Gasteiger partial charge in [-0.15, -0.1) is 0 Å². The highest BCUT2D eigenvalue weighted by Gasteiger charge is 2.00. The summed E-state index contributed by atoms with van der Waals surface area (Å²) >= 11 is 0. The van der Waals surface area contributed by atoms with Crippen LogP contribution >= 0.6 is 0 Å². The molecule has 1 aromatic heterocycles. The molecule has 0 fully saturated rings. The first-order valence-corrected chi connectivity index (χ1v) is 4.54. The van der Waals surface area contributed by atoms with Gasteiger partial charge in [0.1, 0.15) is 0 Å². The Balaban J connectivity index is 2.62. The van der Waals surface area contributed by atoms with Gasteiger partial charge >= 0.3 is 0 Å². The van der Waals surface area contributed by atoms with Crippen LogP contribution < -0.4 is 0 Å². The highest BCUT2D eigenvalue weighted by molar-refractivity contribution is 5.78. The van der Waals surface area contributed by atoms with Crippen LogP contribution in [0.25, 0.3) is 10.9 Å². The molecule has 0 spiro atoms. The maximum absolute atomic E-state index is 7.49. The van der Waals surface area contributed by atoms with Crippen LogP contribution in [-0.2, 0) is 0 Å². The Hall–Kier alpha value is -1.37. The van der Waals surface area contributed by atoms with Gasteiger partial charge in [-0.25, -0.2) is 0 Å². The van der Waals surface area contributed by atoms with Gasteiger partial charge in [0.05, 0.1) is 6.89 Å². The summed E-state index contributed by atoms with van der Waals surface area (Å²) in [6, 6.07) is 10.1. The third-order valence-corrected chi connectivity index (χ3v) is 2.15. The molecule has 0 aliphatic heterocycles. The van der Waals surface area contributed by atoms with Gasteiger partial charge in [0.15, 0.2) is 0 Å². The van der Waals surface area contributed by atoms with E-state index in [4.69, 9.17) is 1.37 Å². The van der Waals surface area contributed by atoms with E-state index >= 15 is 0 Å². The number of benzene rings is 1. The molecular weight excluding hydrogens is 158 g/mol. The average Bonchev–Trinajstić information content (AvgIpc) is 2.16. The standard InChI is InChI=1S/C12H13N/c1-9(2)11-8-7-10-5-3-4-6-12(10)13-11/h3-9H,1-2H3/i3T. The van der Waals surface area contributed by atoms with Crippen LogP contribution in [0.4, 0.5) is 0 Å². The molecule has 1 heterocycles. The van der Waals surface area contributed by atoms with Gasteiger partial charge in [0.2, 0.25) is 0 Å². The minimum Gasteiger partial charge on any atom is -0.253 e. The summed E-state index contributed by atoms with van der Waals surface area (Å²) in [5.41, 5.74) is 2.09. The van der Waals surface area contributed by atoms with Crippen LogP contribution in [0.1, 0.15) is 26.8 Å². The van der Waals surface area contributed by atoms with Crippen LogP contribution in [0.2, 0.25) is 0 Å². The Morgan fingerprint density at radius 1 is 1.23 bits per heavy atom. The number of rotatable bonds is 1. The van der Waals surface area contributed by atoms with Crippen molar-refractivity contribution < 1.29 is 1.37 Å². The number of nitrogens with zero attached hydrogens (tertiary/aromatic N) is 1. The minimum absolute atomic E-state index is 0.454. The lowest BCUT2D eigenvalue weighted by Crippen LogP contribution is -1.91. The summed E-state index contributed by atoms with van der Waals surface area (Å²) in [6.45, 7) is 4.26. The maximum atomic E-state index is 7.49. The molecule has 0 saturated carbocycles. The quantitative estimate of drug-likeness (QED) is 0.644. The molecule has 0 amide bonds. The summed E-state index contributed by atoms with van der Waals surface area (Å²) < 4.78 is 7.49. The number of para-hydroxylation sites is 1. The zero-order valence-corrected chi connectivity index (χ0v) is 7.91. The van der Waals surface area contributed by atoms with Crippen LogP contribution in [0.3, 0.4) is 0 Å². The second kappa shape index (κ2) is 3.17. The molecule has 66 valence electrons. The number of hydrogen-bond acceptors (Lipinski definition) is 1. The van der Waals surface area contributed by atoms with Crippen LogP contribution in [0, 0.1) is 0 Å². The monoisotopic (exact) mass is 173 g/mol. The van der Waals surface area contributed by atoms with E-state index in [1.165, 1.54) is 0 Å². The molecule has 0 aliphatic rings. The van der Waals surface area contributed by atoms with E-state index in [2.05, 4.69) is 18.8 Å². The molecule has 1 nitrogen and oxygen atoms in total. The highest BCUT2D eigenvalue weighted by Crippen LogP contribution is 2.16. The fourth-order valence-electron chi connectivity index (χ4n) is 1.34. The van der Waals surface area contributed by atoms with E-state index in [-0.39, 0.29) is 0 Å². The molecule has 2 aromatic rings. The van der Waals surface area contributed by atoms with E-state index < -0.39 is 0 Å². The van der Waals surface area contributed by atoms with E-state index in [1.54, 1.807) is 6.07 Å². The molecule has 1 heteroatoms. The Bertz CT molecular complexity index is 463. The first kappa shape index (κ1) is 7.07. The maximum Gasteiger partial charge on any atom is 0.0705 e. The number of aromatic nitrogens is 1. The Kier molecular flexibility index (Phi) is 1.73. The minimum atomic E-state index is 0.454. The SMILES string of the molecule is [3H]c1ccc2nc(C(C)C)ccc2c1. The first-order valence-electron chi connectivity index (χ1n) is 5.04. The van der Waals surface area contributed by atoms with Gasteiger partial charge < -0.3 is 0 Å². The van der Waals surface area contributed by atoms with Crippen molar-refractivity contribution in [1.29, 1.82) is 0 Å². The van der Waals surface area contributed by atoms with Crippen molar-refractivity contribution in [2.24, 2.45) is 0 Å². The highest BCUT2D eigenvalue weighted by atomic mass is 14.7. The van der Waals surface area contributed by atoms with Crippen molar-refractivity contribution in [2.45, 2.75) is 19.8 Å². The molecule has 13 heavy (non-hydrogen) atoms. The predicted molar refractivity (Wildman–Crippen MR) is 55.8 cm³/mol. The molecule has 0 aliphatic carbocycles. The fourth-order valence-corrected chi connectivity index (χ4v) is 1.34. The van der Waals surface area contributed by atoms with Crippen molar-refractivity contribution in [1.82, 2.24) is 4.98 Å². The van der Waals surface area contributed by atoms with Crippen molar-refractivity contribution in [3.63, 3.8) is 0 Å². The second-order valence-corrected chi connectivity index (χ2v) is 3.51. The lowest BCUT2D eigenvalue weighted by Gasteiger charge is -2.04. The van der Waals surface area contributed by atoms with E-state index in [9.17, 15) is 0 Å². The number of pyridine rings is 1. The number of hydrogen-bond donors (Lipinski definition) is 0. The molecule has 0 saturated heterocycles. The Morgan fingerprint density at radius 2 is 2.08 bits per heavy atom. The van der Waals surface area contributed by atoms with Crippen molar-refractivity contribution in [3.05, 3.63) is 42.1 Å². The van der Waals surface area contributed by atoms with Gasteiger partial charge in [0, 0.05) is 11.1 Å². The molecule has 0 radical (unpaired) electrons. The van der Waals surface area contributed by atoms with Crippen LogP contribution in [-0.4, -0.2) is 4.98 Å². The van der Waals surface area contributed by atoms with Gasteiger partial charge in [-0.05, 0) is 18.1 Å². The van der Waals surface area contributed by atoms with Gasteiger partial charge in [-0.2, -0.15) is 0 Å². The van der Waals surface area contributed by atoms with E-state index in [0.717, 1.165) is 16.6 Å². The van der Waals surface area contributed by atoms with Crippen LogP contribution in [0.15, 0.2) is 36.4 Å². The zero-order valence-electron chi connectivity index (χ0n) is 8.91. The largest absolute Gasteiger partial charge is 0.253 e. The lowest BCUT2D eigenvalue weighted by atomic mass is 10.1. The molecule has 0 N–H and O–H groups in total. The average molecular weight is 173 g/mol. The molecule has 0 unspecified atom stereocenters. The predicted octanol–water partition coefficient (Wildman–Crippen LogP) is 3.36. The van der Waals surface area contributed by atoms with Gasteiger partial charge in [0.25, 0.3) is 0 Å². The third kappa shape index (κ3) is 1.55. The third-order valence-electron chi connectivity index (χ3n) is 2.15. The Labute approximate surface area is 79.8 Å². The molecule has 0 bridgehead atoms. The van der Waals surface area contributed by atoms with Gasteiger partial charge in [-0.1, -0.05) is 38.1 Å². The fraction of sp³-hybridized carbons (Fsp3) is 0.250. The van der Waals surface area contributed by atoms with Crippen molar-refractivity contribution >= 4 is 10.9 Å². The van der Waals surface area contributed by atoms with Crippen molar-refractivity contribution in [3.8, 4) is 0 Å². The Morgan fingerprint density at radius 3 is 2.85 bits per heavy atom. The van der Waals surface area contributed by atoms with Crippen molar-refractivity contribution in [2.75, 3.05) is 0 Å². The van der Waals surface area contributed by atoms with Crippen LogP contribution in [0.5, 0.6) is 0 Å². The number of fused-ring (bicyclic) bond motifs is 1. The first-order chi connectivity index (χ1) is 6.66. The molecule has 2 rings (SSSR count). The van der Waals surface area contributed by atoms with E-state index in [0.29, 0.717) is 12.0 Å². The smallest absolute Gasteiger partial charge is 0.0705 e. The van der Waals surface area contributed by atoms with E-state index in [1.807, 2.05) is 24.3 Å². The summed E-state index contributed by atoms with van der Waals surface area (Å²) in [4.78, 5) is 4.53. The topological polar surface area (TPSA) is 12.9 Å². The molecular formula is C12H13N. The van der Waals surface area contributed by atoms with Gasteiger partial charge in [-0.3, -0.25) is 4.98 Å². The summed E-state index contributed by atoms with van der Waals surface area (Å²) in [7, 11) is 0. The zero-order chi connectivity index (χ0) is 10.1. The normalized spacial score (nSPS) is 12.1. The summed E-state index contributed by atoms with van der Waals surface area (Å²) in [5.74, 6) is 0.454. The second-order valence-electron chi connectivity index (χ2n) is 3.51. The lowest BCUT2D eigenvalue weighted by molar-refractivity contribution is 0.830. The molecule has 0 atom stereocenters. The summed E-state index contributed by atoms with van der Waals surface area (Å²) in [5, 5.41) is 1.04. The molecule has 1 aromatic carbocycles.